The average molecular weight is 277 g/mol. The van der Waals surface area contributed by atoms with E-state index in [1.165, 1.54) is 32.6 Å². The van der Waals surface area contributed by atoms with Gasteiger partial charge in [0.25, 0.3) is 0 Å². The molecular formula is C16H27N3O. The second-order valence-corrected chi connectivity index (χ2v) is 5.55. The van der Waals surface area contributed by atoms with Crippen LogP contribution in [0.5, 0.6) is 5.75 Å². The highest BCUT2D eigenvalue weighted by atomic mass is 16.5. The summed E-state index contributed by atoms with van der Waals surface area (Å²) in [4.78, 5) is 4.96. The van der Waals surface area contributed by atoms with E-state index in [9.17, 15) is 0 Å². The quantitative estimate of drug-likeness (QED) is 0.801. The maximum atomic E-state index is 5.77. The lowest BCUT2D eigenvalue weighted by atomic mass is 10.2. The zero-order valence-corrected chi connectivity index (χ0v) is 12.6. The first-order valence-electron chi connectivity index (χ1n) is 7.60. The second-order valence-electron chi connectivity index (χ2n) is 5.55. The molecule has 2 N–H and O–H groups in total. The molecule has 0 aromatic heterocycles. The largest absolute Gasteiger partial charge is 0.494 e. The first kappa shape index (κ1) is 15.3. The van der Waals surface area contributed by atoms with Crippen LogP contribution < -0.4 is 10.5 Å². The van der Waals surface area contributed by atoms with Gasteiger partial charge >= 0.3 is 0 Å². The zero-order chi connectivity index (χ0) is 14.2. The Morgan fingerprint density at radius 2 is 1.90 bits per heavy atom. The van der Waals surface area contributed by atoms with E-state index in [0.717, 1.165) is 30.9 Å². The van der Waals surface area contributed by atoms with Gasteiger partial charge in [0.05, 0.1) is 6.61 Å². The summed E-state index contributed by atoms with van der Waals surface area (Å²) < 4.78 is 5.77. The number of hydrogen-bond donors (Lipinski definition) is 1. The van der Waals surface area contributed by atoms with Gasteiger partial charge in [-0.15, -0.1) is 0 Å². The summed E-state index contributed by atoms with van der Waals surface area (Å²) in [6, 6.07) is 8.06. The number of rotatable bonds is 6. The molecule has 1 aromatic rings. The first-order valence-corrected chi connectivity index (χ1v) is 7.60. The Hall–Kier alpha value is -1.10. The number of benzene rings is 1. The number of likely N-dealkylation sites (N-methyl/N-ethyl adjacent to an activating group) is 1. The molecule has 0 amide bonds. The molecule has 1 heterocycles. The molecule has 0 spiro atoms. The fourth-order valence-electron chi connectivity index (χ4n) is 2.52. The summed E-state index contributed by atoms with van der Waals surface area (Å²) in [5, 5.41) is 0. The molecule has 0 unspecified atom stereocenters. The molecule has 1 aliphatic rings. The van der Waals surface area contributed by atoms with E-state index in [2.05, 4.69) is 16.8 Å². The fraction of sp³-hybridized carbons (Fsp3) is 0.625. The van der Waals surface area contributed by atoms with Crippen molar-refractivity contribution in [3.05, 3.63) is 29.8 Å². The van der Waals surface area contributed by atoms with Crippen LogP contribution in [-0.2, 0) is 6.54 Å². The molecule has 112 valence electrons. The Labute approximate surface area is 122 Å². The number of ether oxygens (including phenoxy) is 1. The lowest BCUT2D eigenvalue weighted by molar-refractivity contribution is 0.237. The van der Waals surface area contributed by atoms with Crippen LogP contribution >= 0.6 is 0 Å². The highest BCUT2D eigenvalue weighted by Crippen LogP contribution is 2.12. The number of nitrogens with zero attached hydrogens (tertiary/aromatic N) is 2. The van der Waals surface area contributed by atoms with E-state index in [1.54, 1.807) is 0 Å². The minimum Gasteiger partial charge on any atom is -0.494 e. The first-order chi connectivity index (χ1) is 9.78. The van der Waals surface area contributed by atoms with Crippen LogP contribution in [0.25, 0.3) is 0 Å². The molecule has 20 heavy (non-hydrogen) atoms. The minimum absolute atomic E-state index is 0.587. The van der Waals surface area contributed by atoms with Gasteiger partial charge in [0.2, 0.25) is 0 Å². The Morgan fingerprint density at radius 1 is 1.10 bits per heavy atom. The molecule has 1 fully saturated rings. The predicted molar refractivity (Wildman–Crippen MR) is 83.0 cm³/mol. The molecule has 0 atom stereocenters. The van der Waals surface area contributed by atoms with E-state index in [1.807, 2.05) is 24.3 Å². The average Bonchev–Trinajstić information content (AvgIpc) is 2.69. The van der Waals surface area contributed by atoms with E-state index < -0.39 is 0 Å². The highest BCUT2D eigenvalue weighted by molar-refractivity contribution is 5.26. The predicted octanol–water partition coefficient (Wildman–Crippen LogP) is 1.55. The summed E-state index contributed by atoms with van der Waals surface area (Å²) in [7, 11) is 2.21. The van der Waals surface area contributed by atoms with Crippen LogP contribution in [0.4, 0.5) is 0 Å². The van der Waals surface area contributed by atoms with Crippen molar-refractivity contribution in [2.24, 2.45) is 5.73 Å². The molecule has 1 aromatic carbocycles. The molecule has 0 aliphatic carbocycles. The van der Waals surface area contributed by atoms with Gasteiger partial charge in [0.1, 0.15) is 5.75 Å². The maximum Gasteiger partial charge on any atom is 0.119 e. The molecular weight excluding hydrogens is 250 g/mol. The van der Waals surface area contributed by atoms with Crippen LogP contribution in [0.3, 0.4) is 0 Å². The third kappa shape index (κ3) is 5.12. The van der Waals surface area contributed by atoms with Crippen LogP contribution in [0.1, 0.15) is 18.4 Å². The minimum atomic E-state index is 0.587. The van der Waals surface area contributed by atoms with Crippen LogP contribution in [-0.4, -0.2) is 56.2 Å². The third-order valence-electron chi connectivity index (χ3n) is 3.86. The number of hydrogen-bond acceptors (Lipinski definition) is 4. The SMILES string of the molecule is CN1CCCN(CCCOc2ccc(CN)cc2)CC1. The molecule has 1 aliphatic heterocycles. The summed E-state index contributed by atoms with van der Waals surface area (Å²) in [6.45, 7) is 7.31. The summed E-state index contributed by atoms with van der Waals surface area (Å²) in [5.74, 6) is 0.942. The molecule has 0 radical (unpaired) electrons. The lowest BCUT2D eigenvalue weighted by Gasteiger charge is -2.19. The van der Waals surface area contributed by atoms with Crippen molar-refractivity contribution in [3.63, 3.8) is 0 Å². The maximum absolute atomic E-state index is 5.77. The summed E-state index contributed by atoms with van der Waals surface area (Å²) >= 11 is 0. The smallest absolute Gasteiger partial charge is 0.119 e. The number of nitrogens with two attached hydrogens (primary N) is 1. The Morgan fingerprint density at radius 3 is 2.65 bits per heavy atom. The van der Waals surface area contributed by atoms with E-state index >= 15 is 0 Å². The van der Waals surface area contributed by atoms with Gasteiger partial charge in [-0.05, 0) is 50.7 Å². The van der Waals surface area contributed by atoms with Gasteiger partial charge in [-0.3, -0.25) is 0 Å². The van der Waals surface area contributed by atoms with E-state index in [0.29, 0.717) is 6.54 Å². The topological polar surface area (TPSA) is 41.7 Å². The molecule has 4 nitrogen and oxygen atoms in total. The fourth-order valence-corrected chi connectivity index (χ4v) is 2.52. The van der Waals surface area contributed by atoms with Gasteiger partial charge in [0, 0.05) is 26.2 Å². The van der Waals surface area contributed by atoms with Crippen LogP contribution in [0.2, 0.25) is 0 Å². The van der Waals surface area contributed by atoms with Crippen molar-refractivity contribution < 1.29 is 4.74 Å². The standard InChI is InChI=1S/C16H27N3O/c1-18-8-2-9-19(12-11-18)10-3-13-20-16-6-4-15(14-17)5-7-16/h4-7H,2-3,8-14,17H2,1H3. The zero-order valence-electron chi connectivity index (χ0n) is 12.6. The van der Waals surface area contributed by atoms with Gasteiger partial charge in [-0.2, -0.15) is 0 Å². The van der Waals surface area contributed by atoms with Gasteiger partial charge in [-0.1, -0.05) is 12.1 Å². The van der Waals surface area contributed by atoms with Crippen molar-refractivity contribution in [2.75, 3.05) is 46.4 Å². The third-order valence-corrected chi connectivity index (χ3v) is 3.86. The van der Waals surface area contributed by atoms with Gasteiger partial charge in [0.15, 0.2) is 0 Å². The lowest BCUT2D eigenvalue weighted by Crippen LogP contribution is -2.30. The Balaban J connectivity index is 1.63. The summed E-state index contributed by atoms with van der Waals surface area (Å²) in [5.41, 5.74) is 6.72. The summed E-state index contributed by atoms with van der Waals surface area (Å²) in [6.07, 6.45) is 2.36. The van der Waals surface area contributed by atoms with E-state index in [-0.39, 0.29) is 0 Å². The monoisotopic (exact) mass is 277 g/mol. The van der Waals surface area contributed by atoms with Crippen molar-refractivity contribution >= 4 is 0 Å². The normalized spacial score (nSPS) is 17.9. The molecule has 4 heteroatoms. The highest BCUT2D eigenvalue weighted by Gasteiger charge is 2.11. The van der Waals surface area contributed by atoms with Crippen molar-refractivity contribution in [1.82, 2.24) is 9.80 Å². The molecule has 2 rings (SSSR count). The molecule has 0 bridgehead atoms. The van der Waals surface area contributed by atoms with Crippen molar-refractivity contribution in [3.8, 4) is 5.75 Å². The van der Waals surface area contributed by atoms with Gasteiger partial charge in [-0.25, -0.2) is 0 Å². The molecule has 1 saturated heterocycles. The van der Waals surface area contributed by atoms with Crippen LogP contribution in [0.15, 0.2) is 24.3 Å². The van der Waals surface area contributed by atoms with E-state index in [4.69, 9.17) is 10.5 Å². The van der Waals surface area contributed by atoms with Crippen molar-refractivity contribution in [1.29, 1.82) is 0 Å². The van der Waals surface area contributed by atoms with Gasteiger partial charge < -0.3 is 20.3 Å². The Bertz CT molecular complexity index is 380. The van der Waals surface area contributed by atoms with Crippen molar-refractivity contribution in [2.45, 2.75) is 19.4 Å². The second kappa shape index (κ2) is 8.25. The Kier molecular flexibility index (Phi) is 6.30. The molecule has 0 saturated carbocycles. The van der Waals surface area contributed by atoms with Crippen LogP contribution in [0, 0.1) is 0 Å².